The molecule has 0 spiro atoms. The third-order valence-corrected chi connectivity index (χ3v) is 3.25. The Kier molecular flexibility index (Phi) is 5.25. The van der Waals surface area contributed by atoms with Crippen molar-refractivity contribution < 1.29 is 14.3 Å². The summed E-state index contributed by atoms with van der Waals surface area (Å²) in [6.45, 7) is 1.91. The second kappa shape index (κ2) is 7.36. The number of nitrogens with one attached hydrogen (secondary N) is 1. The number of hydrogen-bond donors (Lipinski definition) is 1. The maximum absolute atomic E-state index is 12.1. The molecule has 5 nitrogen and oxygen atoms in total. The molecule has 0 aliphatic heterocycles. The first-order chi connectivity index (χ1) is 10.6. The zero-order valence-corrected chi connectivity index (χ0v) is 12.6. The third-order valence-electron chi connectivity index (χ3n) is 3.25. The first kappa shape index (κ1) is 15.7. The number of aromatic nitrogens is 1. The Morgan fingerprint density at radius 2 is 2.09 bits per heavy atom. The van der Waals surface area contributed by atoms with Crippen LogP contribution in [-0.2, 0) is 17.8 Å². The van der Waals surface area contributed by atoms with Gasteiger partial charge in [-0.05, 0) is 36.8 Å². The summed E-state index contributed by atoms with van der Waals surface area (Å²) in [5, 5.41) is 2.83. The average Bonchev–Trinajstić information content (AvgIpc) is 2.53. The maximum atomic E-state index is 12.1. The van der Waals surface area contributed by atoms with E-state index >= 15 is 0 Å². The predicted octanol–water partition coefficient (Wildman–Crippen LogP) is 2.15. The number of Topliss-reactive ketones (excluding diaryl/α,β-unsaturated/α-hetero) is 1. The van der Waals surface area contributed by atoms with Crippen molar-refractivity contribution in [2.45, 2.75) is 19.9 Å². The Hall–Kier alpha value is -2.69. The van der Waals surface area contributed by atoms with Crippen LogP contribution < -0.4 is 10.1 Å². The predicted molar refractivity (Wildman–Crippen MR) is 82.8 cm³/mol. The van der Waals surface area contributed by atoms with Gasteiger partial charge >= 0.3 is 0 Å². The second-order valence-corrected chi connectivity index (χ2v) is 4.90. The van der Waals surface area contributed by atoms with Gasteiger partial charge in [-0.3, -0.25) is 14.6 Å². The summed E-state index contributed by atoms with van der Waals surface area (Å²) in [5.41, 5.74) is 2.19. The van der Waals surface area contributed by atoms with Crippen LogP contribution >= 0.6 is 0 Å². The van der Waals surface area contributed by atoms with Gasteiger partial charge in [0.05, 0.1) is 13.5 Å². The molecule has 0 saturated heterocycles. The summed E-state index contributed by atoms with van der Waals surface area (Å²) in [4.78, 5) is 27.5. The number of benzene rings is 1. The summed E-state index contributed by atoms with van der Waals surface area (Å²) >= 11 is 0. The molecule has 0 atom stereocenters. The Bertz CT molecular complexity index is 669. The quantitative estimate of drug-likeness (QED) is 0.830. The van der Waals surface area contributed by atoms with Crippen molar-refractivity contribution in [3.63, 3.8) is 0 Å². The van der Waals surface area contributed by atoms with Gasteiger partial charge in [0.2, 0.25) is 5.91 Å². The lowest BCUT2D eigenvalue weighted by Gasteiger charge is -2.10. The number of pyridine rings is 1. The van der Waals surface area contributed by atoms with E-state index in [-0.39, 0.29) is 18.1 Å². The normalized spacial score (nSPS) is 10.1. The molecule has 0 fully saturated rings. The van der Waals surface area contributed by atoms with Crippen molar-refractivity contribution in [1.82, 2.24) is 10.3 Å². The van der Waals surface area contributed by atoms with E-state index in [1.807, 2.05) is 12.1 Å². The number of methoxy groups -OCH3 is 1. The Morgan fingerprint density at radius 3 is 2.73 bits per heavy atom. The van der Waals surface area contributed by atoms with Crippen LogP contribution in [0.5, 0.6) is 5.75 Å². The molecule has 1 heterocycles. The number of rotatable bonds is 6. The molecule has 5 heteroatoms. The number of amides is 1. The van der Waals surface area contributed by atoms with E-state index in [0.717, 1.165) is 5.56 Å². The topological polar surface area (TPSA) is 68.3 Å². The average molecular weight is 298 g/mol. The highest BCUT2D eigenvalue weighted by Gasteiger charge is 2.11. The number of ether oxygens (including phenoxy) is 1. The zero-order valence-electron chi connectivity index (χ0n) is 12.6. The van der Waals surface area contributed by atoms with Gasteiger partial charge in [0, 0.05) is 30.1 Å². The summed E-state index contributed by atoms with van der Waals surface area (Å²) in [5.74, 6) is 0.420. The molecule has 0 bridgehead atoms. The minimum Gasteiger partial charge on any atom is -0.496 e. The van der Waals surface area contributed by atoms with Crippen LogP contribution in [0.3, 0.4) is 0 Å². The van der Waals surface area contributed by atoms with Crippen molar-refractivity contribution in [3.05, 3.63) is 59.4 Å². The van der Waals surface area contributed by atoms with E-state index in [9.17, 15) is 9.59 Å². The van der Waals surface area contributed by atoms with Crippen molar-refractivity contribution in [2.75, 3.05) is 7.11 Å². The lowest BCUT2D eigenvalue weighted by molar-refractivity contribution is -0.120. The molecule has 1 aromatic heterocycles. The first-order valence-electron chi connectivity index (χ1n) is 6.93. The molecule has 2 aromatic rings. The highest BCUT2D eigenvalue weighted by molar-refractivity contribution is 5.94. The molecule has 0 unspecified atom stereocenters. The van der Waals surface area contributed by atoms with Gasteiger partial charge in [-0.2, -0.15) is 0 Å². The molecule has 1 N–H and O–H groups in total. The van der Waals surface area contributed by atoms with Gasteiger partial charge in [-0.25, -0.2) is 0 Å². The minimum absolute atomic E-state index is 0.0420. The molecule has 1 aromatic carbocycles. The molecule has 0 saturated carbocycles. The lowest BCUT2D eigenvalue weighted by Crippen LogP contribution is -2.24. The van der Waals surface area contributed by atoms with E-state index in [4.69, 9.17) is 4.74 Å². The minimum atomic E-state index is -0.136. The fraction of sp³-hybridized carbons (Fsp3) is 0.235. The molecule has 114 valence electrons. The molecule has 22 heavy (non-hydrogen) atoms. The van der Waals surface area contributed by atoms with E-state index in [1.54, 1.807) is 37.7 Å². The molecule has 0 aliphatic rings. The molecule has 0 radical (unpaired) electrons. The fourth-order valence-electron chi connectivity index (χ4n) is 2.07. The molecule has 2 rings (SSSR count). The fourth-order valence-corrected chi connectivity index (χ4v) is 2.07. The van der Waals surface area contributed by atoms with Crippen LogP contribution in [0.25, 0.3) is 0 Å². The SMILES string of the molecule is COc1ccc(C(C)=O)cc1CC(=O)NCc1cccnc1. The van der Waals surface area contributed by atoms with E-state index in [0.29, 0.717) is 23.4 Å². The summed E-state index contributed by atoms with van der Waals surface area (Å²) in [6.07, 6.45) is 3.55. The van der Waals surface area contributed by atoms with E-state index in [2.05, 4.69) is 10.3 Å². The van der Waals surface area contributed by atoms with Crippen LogP contribution in [-0.4, -0.2) is 23.8 Å². The monoisotopic (exact) mass is 298 g/mol. The van der Waals surface area contributed by atoms with Gasteiger partial charge in [0.25, 0.3) is 0 Å². The molecular weight excluding hydrogens is 280 g/mol. The van der Waals surface area contributed by atoms with Crippen LogP contribution in [0.4, 0.5) is 0 Å². The number of ketones is 1. The first-order valence-corrected chi connectivity index (χ1v) is 6.93. The maximum Gasteiger partial charge on any atom is 0.224 e. The van der Waals surface area contributed by atoms with Gasteiger partial charge < -0.3 is 10.1 Å². The summed E-state index contributed by atoms with van der Waals surface area (Å²) < 4.78 is 5.24. The smallest absolute Gasteiger partial charge is 0.224 e. The highest BCUT2D eigenvalue weighted by atomic mass is 16.5. The summed E-state index contributed by atoms with van der Waals surface area (Å²) in [6, 6.07) is 8.81. The van der Waals surface area contributed by atoms with Crippen molar-refractivity contribution in [3.8, 4) is 5.75 Å². The van der Waals surface area contributed by atoms with Gasteiger partial charge in [-0.1, -0.05) is 6.07 Å². The van der Waals surface area contributed by atoms with Crippen molar-refractivity contribution in [1.29, 1.82) is 0 Å². The van der Waals surface area contributed by atoms with Crippen LogP contribution in [0, 0.1) is 0 Å². The van der Waals surface area contributed by atoms with Gasteiger partial charge in [0.15, 0.2) is 5.78 Å². The Balaban J connectivity index is 2.04. The zero-order chi connectivity index (χ0) is 15.9. The largest absolute Gasteiger partial charge is 0.496 e. The Morgan fingerprint density at radius 1 is 1.27 bits per heavy atom. The second-order valence-electron chi connectivity index (χ2n) is 4.90. The van der Waals surface area contributed by atoms with Gasteiger partial charge in [-0.15, -0.1) is 0 Å². The number of carbonyl (C=O) groups is 2. The number of hydrogen-bond acceptors (Lipinski definition) is 4. The van der Waals surface area contributed by atoms with E-state index < -0.39 is 0 Å². The van der Waals surface area contributed by atoms with Gasteiger partial charge in [0.1, 0.15) is 5.75 Å². The Labute approximate surface area is 129 Å². The molecule has 1 amide bonds. The number of carbonyl (C=O) groups excluding carboxylic acids is 2. The lowest BCUT2D eigenvalue weighted by atomic mass is 10.0. The van der Waals surface area contributed by atoms with Crippen LogP contribution in [0.15, 0.2) is 42.7 Å². The van der Waals surface area contributed by atoms with E-state index in [1.165, 1.54) is 6.92 Å². The molecule has 0 aliphatic carbocycles. The molecular formula is C17H18N2O3. The third kappa shape index (κ3) is 4.15. The van der Waals surface area contributed by atoms with Crippen molar-refractivity contribution in [2.24, 2.45) is 0 Å². The summed E-state index contributed by atoms with van der Waals surface area (Å²) in [7, 11) is 1.54. The van der Waals surface area contributed by atoms with Crippen LogP contribution in [0.1, 0.15) is 28.4 Å². The highest BCUT2D eigenvalue weighted by Crippen LogP contribution is 2.20. The van der Waals surface area contributed by atoms with Crippen molar-refractivity contribution >= 4 is 11.7 Å². The number of nitrogens with zero attached hydrogens (tertiary/aromatic N) is 1. The van der Waals surface area contributed by atoms with Crippen LogP contribution in [0.2, 0.25) is 0 Å². The standard InChI is InChI=1S/C17H18N2O3/c1-12(20)14-5-6-16(22-2)15(8-14)9-17(21)19-11-13-4-3-7-18-10-13/h3-8,10H,9,11H2,1-2H3,(H,19,21).